The lowest BCUT2D eigenvalue weighted by molar-refractivity contribution is 0.236. The van der Waals surface area contributed by atoms with Gasteiger partial charge in [0.05, 0.1) is 11.6 Å². The fourth-order valence-corrected chi connectivity index (χ4v) is 1.50. The number of pyridine rings is 1. The van der Waals surface area contributed by atoms with Crippen LogP contribution in [0.4, 0.5) is 0 Å². The summed E-state index contributed by atoms with van der Waals surface area (Å²) in [6.07, 6.45) is 2.64. The summed E-state index contributed by atoms with van der Waals surface area (Å²) in [5.41, 5.74) is 1.29. The van der Waals surface area contributed by atoms with E-state index in [0.717, 1.165) is 18.5 Å². The van der Waals surface area contributed by atoms with Crippen molar-refractivity contribution in [3.8, 4) is 5.88 Å². The minimum Gasteiger partial charge on any atom is -0.478 e. The molecule has 0 aliphatic heterocycles. The second kappa shape index (κ2) is 6.22. The molecule has 3 nitrogen and oxygen atoms in total. The zero-order valence-corrected chi connectivity index (χ0v) is 11.8. The first-order valence-corrected chi connectivity index (χ1v) is 6.22. The molecule has 0 spiro atoms. The molecule has 0 saturated carbocycles. The van der Waals surface area contributed by atoms with Gasteiger partial charge in [0.2, 0.25) is 5.88 Å². The molecular weight excluding hydrogens is 236 g/mol. The molecule has 96 valence electrons. The maximum atomic E-state index is 6.02. The summed E-state index contributed by atoms with van der Waals surface area (Å²) in [4.78, 5) is 4.16. The Balaban J connectivity index is 2.57. The Labute approximate surface area is 109 Å². The van der Waals surface area contributed by atoms with Crippen molar-refractivity contribution >= 4 is 11.6 Å². The number of nitrogens with zero attached hydrogens (tertiary/aromatic N) is 1. The van der Waals surface area contributed by atoms with Crippen LogP contribution in [0.1, 0.15) is 32.8 Å². The summed E-state index contributed by atoms with van der Waals surface area (Å²) in [5.74, 6) is 0.643. The lowest BCUT2D eigenvalue weighted by Gasteiger charge is -2.18. The Bertz CT molecular complexity index is 361. The van der Waals surface area contributed by atoms with Gasteiger partial charge in [-0.2, -0.15) is 0 Å². The van der Waals surface area contributed by atoms with Gasteiger partial charge in [0, 0.05) is 18.8 Å². The summed E-state index contributed by atoms with van der Waals surface area (Å²) in [6.45, 7) is 7.97. The van der Waals surface area contributed by atoms with Crippen molar-refractivity contribution in [2.75, 3.05) is 13.7 Å². The molecule has 1 aromatic heterocycles. The largest absolute Gasteiger partial charge is 0.478 e. The molecule has 0 unspecified atom stereocenters. The number of ether oxygens (including phenoxy) is 1. The molecule has 0 atom stereocenters. The Morgan fingerprint density at radius 3 is 2.71 bits per heavy atom. The van der Waals surface area contributed by atoms with Crippen LogP contribution < -0.4 is 10.1 Å². The van der Waals surface area contributed by atoms with Crippen molar-refractivity contribution in [3.05, 3.63) is 22.8 Å². The molecule has 0 amide bonds. The first-order valence-electron chi connectivity index (χ1n) is 5.84. The second-order valence-corrected chi connectivity index (χ2v) is 5.71. The summed E-state index contributed by atoms with van der Waals surface area (Å²) in [7, 11) is 1.89. The van der Waals surface area contributed by atoms with Crippen molar-refractivity contribution in [1.82, 2.24) is 10.3 Å². The average Bonchev–Trinajstić information content (AvgIpc) is 2.21. The van der Waals surface area contributed by atoms with Crippen LogP contribution in [0.15, 0.2) is 12.3 Å². The van der Waals surface area contributed by atoms with Gasteiger partial charge in [0.15, 0.2) is 0 Å². The zero-order valence-electron chi connectivity index (χ0n) is 11.0. The van der Waals surface area contributed by atoms with Gasteiger partial charge in [-0.1, -0.05) is 32.4 Å². The summed E-state index contributed by atoms with van der Waals surface area (Å²) in [5, 5.41) is 3.73. The monoisotopic (exact) mass is 256 g/mol. The number of rotatable bonds is 5. The number of hydrogen-bond acceptors (Lipinski definition) is 3. The molecule has 0 aromatic carbocycles. The van der Waals surface area contributed by atoms with E-state index in [-0.39, 0.29) is 5.41 Å². The maximum Gasteiger partial charge on any atom is 0.213 e. The molecule has 17 heavy (non-hydrogen) atoms. The number of nitrogens with one attached hydrogen (secondary N) is 1. The van der Waals surface area contributed by atoms with E-state index in [4.69, 9.17) is 16.3 Å². The van der Waals surface area contributed by atoms with E-state index in [0.29, 0.717) is 17.5 Å². The topological polar surface area (TPSA) is 34.1 Å². The molecule has 0 radical (unpaired) electrons. The van der Waals surface area contributed by atoms with Crippen molar-refractivity contribution in [3.63, 3.8) is 0 Å². The number of aromatic nitrogens is 1. The first kappa shape index (κ1) is 14.3. The van der Waals surface area contributed by atoms with Gasteiger partial charge in [-0.15, -0.1) is 0 Å². The van der Waals surface area contributed by atoms with E-state index in [2.05, 4.69) is 31.1 Å². The average molecular weight is 257 g/mol. The van der Waals surface area contributed by atoms with Crippen LogP contribution in [-0.4, -0.2) is 18.6 Å². The smallest absolute Gasteiger partial charge is 0.213 e. The minimum atomic E-state index is 0.278. The van der Waals surface area contributed by atoms with Gasteiger partial charge < -0.3 is 10.1 Å². The normalized spacial score (nSPS) is 11.6. The lowest BCUT2D eigenvalue weighted by atomic mass is 9.93. The lowest BCUT2D eigenvalue weighted by Crippen LogP contribution is -2.12. The number of hydrogen-bond donors (Lipinski definition) is 1. The summed E-state index contributed by atoms with van der Waals surface area (Å²) >= 11 is 6.02. The SMILES string of the molecule is CNCc1cc(OCCC(C)(C)C)ncc1Cl. The Hall–Kier alpha value is -0.800. The van der Waals surface area contributed by atoms with Crippen molar-refractivity contribution in [1.29, 1.82) is 0 Å². The van der Waals surface area contributed by atoms with Gasteiger partial charge in [0.25, 0.3) is 0 Å². The molecule has 0 aliphatic rings. The van der Waals surface area contributed by atoms with E-state index in [1.54, 1.807) is 6.20 Å². The van der Waals surface area contributed by atoms with E-state index in [1.807, 2.05) is 13.1 Å². The molecule has 0 bridgehead atoms. The van der Waals surface area contributed by atoms with Crippen molar-refractivity contribution in [2.24, 2.45) is 5.41 Å². The van der Waals surface area contributed by atoms with E-state index < -0.39 is 0 Å². The molecule has 1 N–H and O–H groups in total. The predicted molar refractivity (Wildman–Crippen MR) is 71.6 cm³/mol. The Morgan fingerprint density at radius 2 is 2.12 bits per heavy atom. The third-order valence-corrected chi connectivity index (χ3v) is 2.72. The Morgan fingerprint density at radius 1 is 1.41 bits per heavy atom. The quantitative estimate of drug-likeness (QED) is 0.878. The highest BCUT2D eigenvalue weighted by atomic mass is 35.5. The molecular formula is C13H21ClN2O. The van der Waals surface area contributed by atoms with E-state index in [1.165, 1.54) is 0 Å². The highest BCUT2D eigenvalue weighted by Crippen LogP contribution is 2.21. The Kier molecular flexibility index (Phi) is 5.22. The fourth-order valence-electron chi connectivity index (χ4n) is 1.33. The van der Waals surface area contributed by atoms with Crippen LogP contribution in [0.5, 0.6) is 5.88 Å². The van der Waals surface area contributed by atoms with Gasteiger partial charge in [-0.05, 0) is 24.4 Å². The van der Waals surface area contributed by atoms with Crippen molar-refractivity contribution < 1.29 is 4.74 Å². The van der Waals surface area contributed by atoms with Crippen LogP contribution in [0.2, 0.25) is 5.02 Å². The summed E-state index contributed by atoms with van der Waals surface area (Å²) in [6, 6.07) is 1.89. The van der Waals surface area contributed by atoms with Crippen LogP contribution in [0.25, 0.3) is 0 Å². The highest BCUT2D eigenvalue weighted by Gasteiger charge is 2.10. The van der Waals surface area contributed by atoms with Gasteiger partial charge >= 0.3 is 0 Å². The van der Waals surface area contributed by atoms with Crippen LogP contribution in [0, 0.1) is 5.41 Å². The van der Waals surface area contributed by atoms with Crippen LogP contribution in [0.3, 0.4) is 0 Å². The third-order valence-electron chi connectivity index (χ3n) is 2.38. The molecule has 4 heteroatoms. The molecule has 0 saturated heterocycles. The van der Waals surface area contributed by atoms with Crippen LogP contribution >= 0.6 is 11.6 Å². The van der Waals surface area contributed by atoms with E-state index >= 15 is 0 Å². The van der Waals surface area contributed by atoms with Gasteiger partial charge in [-0.3, -0.25) is 0 Å². The molecule has 1 heterocycles. The standard InChI is InChI=1S/C13H21ClN2O/c1-13(2,3)5-6-17-12-7-10(8-15-4)11(14)9-16-12/h7,9,15H,5-6,8H2,1-4H3. The number of halogens is 1. The van der Waals surface area contributed by atoms with Gasteiger partial charge in [0.1, 0.15) is 0 Å². The van der Waals surface area contributed by atoms with Crippen molar-refractivity contribution in [2.45, 2.75) is 33.7 Å². The van der Waals surface area contributed by atoms with Gasteiger partial charge in [-0.25, -0.2) is 4.98 Å². The molecule has 1 aromatic rings. The zero-order chi connectivity index (χ0) is 12.9. The predicted octanol–water partition coefficient (Wildman–Crippen LogP) is 3.27. The van der Waals surface area contributed by atoms with Crippen LogP contribution in [-0.2, 0) is 6.54 Å². The summed E-state index contributed by atoms with van der Waals surface area (Å²) < 4.78 is 5.63. The first-order chi connectivity index (χ1) is 7.92. The minimum absolute atomic E-state index is 0.278. The maximum absolute atomic E-state index is 6.02. The molecule has 0 fully saturated rings. The second-order valence-electron chi connectivity index (χ2n) is 5.30. The molecule has 0 aliphatic carbocycles. The third kappa shape index (κ3) is 5.37. The fraction of sp³-hybridized carbons (Fsp3) is 0.615. The highest BCUT2D eigenvalue weighted by molar-refractivity contribution is 6.31. The molecule has 1 rings (SSSR count). The van der Waals surface area contributed by atoms with E-state index in [9.17, 15) is 0 Å².